The van der Waals surface area contributed by atoms with Crippen molar-refractivity contribution < 1.29 is 55.6 Å². The van der Waals surface area contributed by atoms with Gasteiger partial charge in [0.2, 0.25) is 0 Å². The van der Waals surface area contributed by atoms with Crippen molar-refractivity contribution in [2.24, 2.45) is 0 Å². The van der Waals surface area contributed by atoms with E-state index < -0.39 is 24.3 Å². The number of pyridine rings is 1. The number of likely N-dealkylation sites (tertiary alicyclic amines) is 1. The molecule has 0 saturated carbocycles. The first-order valence-electron chi connectivity index (χ1n) is 9.84. The Hall–Kier alpha value is -2.71. The van der Waals surface area contributed by atoms with E-state index in [4.69, 9.17) is 29.3 Å². The van der Waals surface area contributed by atoms with Crippen LogP contribution in [0.25, 0.3) is 0 Å². The predicted molar refractivity (Wildman–Crippen MR) is 105 cm³/mol. The zero-order chi connectivity index (χ0) is 25.9. The number of aliphatic carboxylic acids is 2. The van der Waals surface area contributed by atoms with Gasteiger partial charge in [0.15, 0.2) is 0 Å². The summed E-state index contributed by atoms with van der Waals surface area (Å²) in [4.78, 5) is 24.4. The second kappa shape index (κ2) is 13.2. The summed E-state index contributed by atoms with van der Waals surface area (Å²) in [5, 5.41) is 14.2. The van der Waals surface area contributed by atoms with Crippen molar-refractivity contribution in [1.29, 1.82) is 0 Å². The first-order valence-corrected chi connectivity index (χ1v) is 9.84. The molecule has 8 nitrogen and oxygen atoms in total. The summed E-state index contributed by atoms with van der Waals surface area (Å²) in [5.74, 6) is -5.51. The second-order valence-electron chi connectivity index (χ2n) is 7.10. The van der Waals surface area contributed by atoms with Gasteiger partial charge in [-0.2, -0.15) is 26.3 Å². The van der Waals surface area contributed by atoms with Crippen LogP contribution in [0.4, 0.5) is 26.3 Å². The van der Waals surface area contributed by atoms with Gasteiger partial charge in [-0.05, 0) is 30.5 Å². The smallest absolute Gasteiger partial charge is 0.475 e. The number of hydrogen-bond acceptors (Lipinski definition) is 6. The van der Waals surface area contributed by atoms with E-state index in [1.807, 2.05) is 18.5 Å². The summed E-state index contributed by atoms with van der Waals surface area (Å²) in [5.41, 5.74) is 1.30. The highest BCUT2D eigenvalue weighted by molar-refractivity contribution is 5.73. The van der Waals surface area contributed by atoms with E-state index in [9.17, 15) is 26.3 Å². The topological polar surface area (TPSA) is 109 Å². The molecule has 192 valence electrons. The fourth-order valence-corrected chi connectivity index (χ4v) is 3.25. The summed E-state index contributed by atoms with van der Waals surface area (Å²) in [6.07, 6.45) is -1.93. The molecule has 1 aromatic rings. The fraction of sp³-hybridized carbons (Fsp3) is 0.550. The molecular formula is C20H24F6N2O6. The number of carbonyl (C=O) groups is 2. The normalized spacial score (nSPS) is 22.4. The summed E-state index contributed by atoms with van der Waals surface area (Å²) < 4.78 is 75.3. The molecule has 2 aliphatic rings. The molecule has 0 bridgehead atoms. The van der Waals surface area contributed by atoms with Crippen LogP contribution >= 0.6 is 0 Å². The first kappa shape index (κ1) is 29.3. The number of carboxylic acids is 2. The van der Waals surface area contributed by atoms with Crippen molar-refractivity contribution in [2.45, 2.75) is 50.0 Å². The molecule has 0 unspecified atom stereocenters. The standard InChI is InChI=1S/C16H22N2O2.2C2HF3O2/c1-2-9-19-15-12-18(11-13-5-7-17-8-6-13)14-4-3-10-20-16(14)15;2*3-2(4,5)1(6)7/h2,5-8,14-16H,1,3-4,9-12H2;2*(H,6,7)/t14-,15+,16+;;/m1../s1. The molecule has 3 heterocycles. The minimum atomic E-state index is -5.08. The van der Waals surface area contributed by atoms with Crippen molar-refractivity contribution in [3.05, 3.63) is 42.7 Å². The largest absolute Gasteiger partial charge is 0.490 e. The van der Waals surface area contributed by atoms with Gasteiger partial charge in [-0.25, -0.2) is 9.59 Å². The summed E-state index contributed by atoms with van der Waals surface area (Å²) in [6.45, 7) is 7.06. The summed E-state index contributed by atoms with van der Waals surface area (Å²) in [6, 6.07) is 4.64. The number of halogens is 6. The van der Waals surface area contributed by atoms with E-state index in [0.29, 0.717) is 12.6 Å². The molecule has 2 fully saturated rings. The maximum Gasteiger partial charge on any atom is 0.490 e. The number of rotatable bonds is 5. The van der Waals surface area contributed by atoms with Crippen molar-refractivity contribution in [2.75, 3.05) is 19.8 Å². The molecule has 0 radical (unpaired) electrons. The van der Waals surface area contributed by atoms with Crippen LogP contribution in [0, 0.1) is 0 Å². The minimum absolute atomic E-state index is 0.167. The highest BCUT2D eigenvalue weighted by Gasteiger charge is 2.44. The molecule has 0 aromatic carbocycles. The maximum absolute atomic E-state index is 10.6. The third-order valence-corrected chi connectivity index (χ3v) is 4.63. The summed E-state index contributed by atoms with van der Waals surface area (Å²) in [7, 11) is 0. The van der Waals surface area contributed by atoms with Gasteiger partial charge in [0.1, 0.15) is 6.10 Å². The number of fused-ring (bicyclic) bond motifs is 1. The van der Waals surface area contributed by atoms with Crippen LogP contribution in [-0.4, -0.2) is 82.4 Å². The molecule has 2 saturated heterocycles. The Kier molecular flexibility index (Phi) is 11.4. The number of aromatic nitrogens is 1. The van der Waals surface area contributed by atoms with Gasteiger partial charge in [0.25, 0.3) is 0 Å². The van der Waals surface area contributed by atoms with Gasteiger partial charge in [-0.1, -0.05) is 6.08 Å². The summed E-state index contributed by atoms with van der Waals surface area (Å²) >= 11 is 0. The van der Waals surface area contributed by atoms with Gasteiger partial charge >= 0.3 is 24.3 Å². The van der Waals surface area contributed by atoms with E-state index in [-0.39, 0.29) is 12.2 Å². The van der Waals surface area contributed by atoms with Crippen LogP contribution < -0.4 is 0 Å². The van der Waals surface area contributed by atoms with Crippen LogP contribution in [0.5, 0.6) is 0 Å². The zero-order valence-electron chi connectivity index (χ0n) is 17.8. The molecule has 0 spiro atoms. The molecule has 0 amide bonds. The van der Waals surface area contributed by atoms with E-state index in [0.717, 1.165) is 26.1 Å². The Morgan fingerprint density at radius 2 is 1.68 bits per heavy atom. The quantitative estimate of drug-likeness (QED) is 0.467. The lowest BCUT2D eigenvalue weighted by molar-refractivity contribution is -0.193. The highest BCUT2D eigenvalue weighted by atomic mass is 19.4. The molecule has 2 aliphatic heterocycles. The van der Waals surface area contributed by atoms with Gasteiger partial charge in [-0.3, -0.25) is 9.88 Å². The number of alkyl halides is 6. The van der Waals surface area contributed by atoms with Crippen molar-refractivity contribution >= 4 is 11.9 Å². The van der Waals surface area contributed by atoms with E-state index >= 15 is 0 Å². The minimum Gasteiger partial charge on any atom is -0.475 e. The fourth-order valence-electron chi connectivity index (χ4n) is 3.25. The molecular weight excluding hydrogens is 478 g/mol. The number of nitrogens with zero attached hydrogens (tertiary/aromatic N) is 2. The average molecular weight is 502 g/mol. The number of carboxylic acid groups (broad SMARTS) is 2. The van der Waals surface area contributed by atoms with Crippen molar-refractivity contribution in [1.82, 2.24) is 9.88 Å². The molecule has 1 aromatic heterocycles. The van der Waals surface area contributed by atoms with E-state index in [1.54, 1.807) is 0 Å². The Bertz CT molecular complexity index is 766. The molecule has 2 N–H and O–H groups in total. The monoisotopic (exact) mass is 502 g/mol. The Morgan fingerprint density at radius 3 is 2.15 bits per heavy atom. The molecule has 0 aliphatic carbocycles. The maximum atomic E-state index is 10.6. The average Bonchev–Trinajstić information content (AvgIpc) is 3.10. The third-order valence-electron chi connectivity index (χ3n) is 4.63. The Morgan fingerprint density at radius 1 is 1.15 bits per heavy atom. The van der Waals surface area contributed by atoms with E-state index in [1.165, 1.54) is 12.0 Å². The van der Waals surface area contributed by atoms with E-state index in [2.05, 4.69) is 28.6 Å². The van der Waals surface area contributed by atoms with Crippen molar-refractivity contribution in [3.63, 3.8) is 0 Å². The molecule has 3 rings (SSSR count). The molecule has 34 heavy (non-hydrogen) atoms. The van der Waals surface area contributed by atoms with Crippen LogP contribution in [0.1, 0.15) is 18.4 Å². The second-order valence-corrected chi connectivity index (χ2v) is 7.10. The van der Waals surface area contributed by atoms with Gasteiger partial charge in [0.05, 0.1) is 12.7 Å². The Labute approximate surface area is 190 Å². The lowest BCUT2D eigenvalue weighted by Gasteiger charge is -2.32. The lowest BCUT2D eigenvalue weighted by atomic mass is 10.0. The van der Waals surface area contributed by atoms with Crippen LogP contribution in [0.15, 0.2) is 37.2 Å². The zero-order valence-corrected chi connectivity index (χ0v) is 17.8. The predicted octanol–water partition coefficient (Wildman–Crippen LogP) is 3.28. The SMILES string of the molecule is C=CCO[C@H]1CN(Cc2ccncc2)[C@@H]2CCCO[C@H]12.O=C(O)C(F)(F)F.O=C(O)C(F)(F)F. The van der Waals surface area contributed by atoms with Crippen LogP contribution in [0.2, 0.25) is 0 Å². The van der Waals surface area contributed by atoms with Crippen LogP contribution in [0.3, 0.4) is 0 Å². The van der Waals surface area contributed by atoms with Gasteiger partial charge in [0, 0.05) is 38.1 Å². The lowest BCUT2D eigenvalue weighted by Crippen LogP contribution is -2.41. The first-order chi connectivity index (χ1) is 15.8. The number of ether oxygens (including phenoxy) is 2. The third kappa shape index (κ3) is 10.1. The van der Waals surface area contributed by atoms with Crippen LogP contribution in [-0.2, 0) is 25.6 Å². The highest BCUT2D eigenvalue weighted by Crippen LogP contribution is 2.31. The van der Waals surface area contributed by atoms with Gasteiger partial charge in [-0.15, -0.1) is 6.58 Å². The molecule has 14 heteroatoms. The Balaban J connectivity index is 0.000000343. The molecule has 3 atom stereocenters. The van der Waals surface area contributed by atoms with Crippen molar-refractivity contribution in [3.8, 4) is 0 Å². The number of hydrogen-bond donors (Lipinski definition) is 2. The van der Waals surface area contributed by atoms with Gasteiger partial charge < -0.3 is 19.7 Å².